The van der Waals surface area contributed by atoms with E-state index in [4.69, 9.17) is 9.47 Å². The molecule has 0 atom stereocenters. The number of fused-ring (bicyclic) bond motifs is 3. The van der Waals surface area contributed by atoms with Gasteiger partial charge >= 0.3 is 0 Å². The van der Waals surface area contributed by atoms with Crippen LogP contribution in [0.5, 0.6) is 11.5 Å². The van der Waals surface area contributed by atoms with Crippen LogP contribution in [-0.2, 0) is 0 Å². The topological polar surface area (TPSA) is 41.5 Å². The molecule has 3 nitrogen and oxygen atoms in total. The van der Waals surface area contributed by atoms with Gasteiger partial charge in [0.25, 0.3) is 0 Å². The molecule has 0 radical (unpaired) electrons. The van der Waals surface area contributed by atoms with Gasteiger partial charge in [-0.05, 0) is 47.9 Å². The second kappa shape index (κ2) is 13.7. The van der Waals surface area contributed by atoms with Gasteiger partial charge in [-0.25, -0.2) is 0 Å². The third-order valence-corrected chi connectivity index (χ3v) is 7.71. The first-order chi connectivity index (χ1) is 15.8. The number of thiophene rings is 1. The summed E-state index contributed by atoms with van der Waals surface area (Å²) in [6, 6.07) is 12.0. The fourth-order valence-corrected chi connectivity index (χ4v) is 5.88. The maximum absolute atomic E-state index is 13.5. The van der Waals surface area contributed by atoms with Crippen molar-refractivity contribution in [2.45, 2.75) is 90.9 Å². The zero-order valence-electron chi connectivity index (χ0n) is 20.0. The van der Waals surface area contributed by atoms with Crippen LogP contribution in [0.25, 0.3) is 20.2 Å². The summed E-state index contributed by atoms with van der Waals surface area (Å²) in [6.45, 7) is 5.83. The van der Waals surface area contributed by atoms with Crippen LogP contribution >= 0.6 is 10.8 Å². The SMILES string of the molecule is CCCCCCCCOc1cccc2c3cccc(OCCCCCCCC)c3[s+]([O-])c12. The van der Waals surface area contributed by atoms with E-state index in [0.29, 0.717) is 13.2 Å². The lowest BCUT2D eigenvalue weighted by molar-refractivity contribution is 0.308. The number of ether oxygens (including phenoxy) is 2. The summed E-state index contributed by atoms with van der Waals surface area (Å²) in [5, 5.41) is 2.03. The fourth-order valence-electron chi connectivity index (χ4n) is 4.30. The Morgan fingerprint density at radius 2 is 1.00 bits per heavy atom. The lowest BCUT2D eigenvalue weighted by Gasteiger charge is -2.07. The van der Waals surface area contributed by atoms with Crippen molar-refractivity contribution >= 4 is 30.9 Å². The maximum atomic E-state index is 13.5. The smallest absolute Gasteiger partial charge is 0.222 e. The van der Waals surface area contributed by atoms with E-state index in [0.717, 1.165) is 44.5 Å². The minimum atomic E-state index is -1.27. The molecule has 0 aliphatic rings. The third-order valence-electron chi connectivity index (χ3n) is 6.13. The predicted molar refractivity (Wildman–Crippen MR) is 138 cm³/mol. The van der Waals surface area contributed by atoms with Crippen LogP contribution in [0.15, 0.2) is 36.4 Å². The molecule has 3 rings (SSSR count). The van der Waals surface area contributed by atoms with Crippen LogP contribution in [0.2, 0.25) is 0 Å². The predicted octanol–water partition coefficient (Wildman–Crippen LogP) is 9.20. The Kier molecular flexibility index (Phi) is 10.6. The summed E-state index contributed by atoms with van der Waals surface area (Å²) in [7, 11) is -1.27. The summed E-state index contributed by atoms with van der Waals surface area (Å²) in [5.41, 5.74) is 0. The van der Waals surface area contributed by atoms with E-state index < -0.39 is 10.8 Å². The Bertz CT molecular complexity index is 871. The van der Waals surface area contributed by atoms with Gasteiger partial charge in [0.1, 0.15) is 0 Å². The van der Waals surface area contributed by atoms with Crippen molar-refractivity contribution in [1.82, 2.24) is 0 Å². The zero-order chi connectivity index (χ0) is 22.6. The highest BCUT2D eigenvalue weighted by Crippen LogP contribution is 2.48. The van der Waals surface area contributed by atoms with Crippen LogP contribution in [0.3, 0.4) is 0 Å². The van der Waals surface area contributed by atoms with Crippen molar-refractivity contribution in [1.29, 1.82) is 0 Å². The van der Waals surface area contributed by atoms with Gasteiger partial charge in [0, 0.05) is 0 Å². The van der Waals surface area contributed by atoms with Gasteiger partial charge in [0.2, 0.25) is 9.40 Å². The number of benzene rings is 2. The van der Waals surface area contributed by atoms with E-state index in [2.05, 4.69) is 13.8 Å². The Morgan fingerprint density at radius 3 is 1.44 bits per heavy atom. The van der Waals surface area contributed by atoms with E-state index in [1.54, 1.807) is 0 Å². The van der Waals surface area contributed by atoms with E-state index >= 15 is 0 Å². The van der Waals surface area contributed by atoms with Gasteiger partial charge < -0.3 is 14.0 Å². The molecular weight excluding hydrogens is 416 g/mol. The molecule has 0 bridgehead atoms. The van der Waals surface area contributed by atoms with Crippen LogP contribution < -0.4 is 9.47 Å². The molecule has 0 fully saturated rings. The molecule has 2 aromatic carbocycles. The highest BCUT2D eigenvalue weighted by atomic mass is 32.2. The first-order valence-electron chi connectivity index (χ1n) is 12.7. The molecule has 0 amide bonds. The largest absolute Gasteiger partial charge is 0.590 e. The van der Waals surface area contributed by atoms with Crippen LogP contribution in [0.1, 0.15) is 90.9 Å². The van der Waals surface area contributed by atoms with E-state index in [1.807, 2.05) is 36.4 Å². The van der Waals surface area contributed by atoms with Crippen LogP contribution in [-0.4, -0.2) is 17.8 Å². The highest BCUT2D eigenvalue weighted by Gasteiger charge is 2.23. The molecule has 176 valence electrons. The van der Waals surface area contributed by atoms with E-state index in [1.165, 1.54) is 64.2 Å². The van der Waals surface area contributed by atoms with Crippen LogP contribution in [0.4, 0.5) is 0 Å². The molecule has 3 aromatic rings. The molecule has 0 unspecified atom stereocenters. The molecule has 32 heavy (non-hydrogen) atoms. The van der Waals surface area contributed by atoms with Gasteiger partial charge in [-0.1, -0.05) is 90.2 Å². The minimum absolute atomic E-state index is 0.678. The van der Waals surface area contributed by atoms with Crippen molar-refractivity contribution in [3.05, 3.63) is 36.4 Å². The average Bonchev–Trinajstić information content (AvgIpc) is 3.11. The molecule has 1 heterocycles. The van der Waals surface area contributed by atoms with Crippen molar-refractivity contribution in [3.8, 4) is 11.5 Å². The second-order valence-electron chi connectivity index (χ2n) is 8.77. The molecule has 0 spiro atoms. The maximum Gasteiger partial charge on any atom is 0.222 e. The number of hydrogen-bond donors (Lipinski definition) is 0. The summed E-state index contributed by atoms with van der Waals surface area (Å²) in [5.74, 6) is 1.51. The zero-order valence-corrected chi connectivity index (χ0v) is 20.8. The van der Waals surface area contributed by atoms with Gasteiger partial charge in [0.15, 0.2) is 11.5 Å². The minimum Gasteiger partial charge on any atom is -0.590 e. The van der Waals surface area contributed by atoms with Crippen molar-refractivity contribution in [2.75, 3.05) is 13.2 Å². The molecule has 0 aliphatic carbocycles. The van der Waals surface area contributed by atoms with Gasteiger partial charge in [-0.3, -0.25) is 0 Å². The van der Waals surface area contributed by atoms with Crippen molar-refractivity contribution in [3.63, 3.8) is 0 Å². The molecular formula is C28H40O3S. The molecule has 0 saturated heterocycles. The first-order valence-corrected chi connectivity index (χ1v) is 13.9. The summed E-state index contributed by atoms with van der Waals surface area (Å²) in [4.78, 5) is 0. The summed E-state index contributed by atoms with van der Waals surface area (Å²) >= 11 is 0. The standard InChI is InChI=1S/C28H40O3S/c1-3-5-7-9-11-13-21-30-25-19-15-17-23-24-18-16-20-26(28(24)32(29)27(23)25)31-22-14-12-10-8-6-4-2/h15-20H,3-14,21-22H2,1-2H3. The molecule has 0 N–H and O–H groups in total. The van der Waals surface area contributed by atoms with E-state index in [9.17, 15) is 4.55 Å². The second-order valence-corrected chi connectivity index (χ2v) is 10.1. The third kappa shape index (κ3) is 6.62. The Balaban J connectivity index is 1.66. The fraction of sp³-hybridized carbons (Fsp3) is 0.571. The molecule has 1 aromatic heterocycles. The summed E-state index contributed by atoms with van der Waals surface area (Å²) in [6.07, 6.45) is 14.8. The molecule has 0 aliphatic heterocycles. The lowest BCUT2D eigenvalue weighted by atomic mass is 10.1. The van der Waals surface area contributed by atoms with E-state index in [-0.39, 0.29) is 0 Å². The molecule has 4 heteroatoms. The number of hydrogen-bond acceptors (Lipinski definition) is 3. The van der Waals surface area contributed by atoms with Gasteiger partial charge in [-0.2, -0.15) is 0 Å². The van der Waals surface area contributed by atoms with Crippen molar-refractivity contribution in [2.24, 2.45) is 0 Å². The Morgan fingerprint density at radius 1 is 0.594 bits per heavy atom. The first kappa shape index (κ1) is 24.9. The average molecular weight is 457 g/mol. The van der Waals surface area contributed by atoms with Crippen molar-refractivity contribution < 1.29 is 14.0 Å². The van der Waals surface area contributed by atoms with Crippen LogP contribution in [0, 0.1) is 0 Å². The Hall–Kier alpha value is -1.78. The monoisotopic (exact) mass is 456 g/mol. The lowest BCUT2D eigenvalue weighted by Crippen LogP contribution is -1.97. The highest BCUT2D eigenvalue weighted by molar-refractivity contribution is 7.38. The normalized spacial score (nSPS) is 11.5. The molecule has 0 saturated carbocycles. The summed E-state index contributed by atoms with van der Waals surface area (Å²) < 4.78 is 27.3. The number of unbranched alkanes of at least 4 members (excludes halogenated alkanes) is 10. The van der Waals surface area contributed by atoms with Gasteiger partial charge in [0.05, 0.1) is 24.0 Å². The quantitative estimate of drug-likeness (QED) is 0.159. The Labute approximate surface area is 196 Å². The van der Waals surface area contributed by atoms with Gasteiger partial charge in [-0.15, -0.1) is 0 Å². The number of rotatable bonds is 16.